The molecule has 5 nitrogen and oxygen atoms in total. The Morgan fingerprint density at radius 2 is 1.86 bits per heavy atom. The number of rotatable bonds is 4. The van der Waals surface area contributed by atoms with Crippen LogP contribution >= 0.6 is 11.6 Å². The fraction of sp³-hybridized carbons (Fsp3) is 0.263. The highest BCUT2D eigenvalue weighted by atomic mass is 35.5. The molecule has 1 aromatic carbocycles. The Kier molecular flexibility index (Phi) is 5.36. The van der Waals surface area contributed by atoms with E-state index >= 15 is 0 Å². The molecule has 0 amide bonds. The predicted molar refractivity (Wildman–Crippen MR) is 97.6 cm³/mol. The van der Waals surface area contributed by atoms with E-state index in [1.807, 2.05) is 0 Å². The maximum Gasteiger partial charge on any atom is 0.269 e. The SMILES string of the molecule is CCn1c(-c2c(F)cc(F)cc2F)c(-c2noc(C)c2C(C)O)cc(Cl)c1=O. The maximum absolute atomic E-state index is 14.6. The number of aliphatic hydroxyl groups excluding tert-OH is 1. The third kappa shape index (κ3) is 3.22. The summed E-state index contributed by atoms with van der Waals surface area (Å²) < 4.78 is 48.8. The van der Waals surface area contributed by atoms with E-state index in [4.69, 9.17) is 16.1 Å². The maximum atomic E-state index is 14.6. The van der Waals surface area contributed by atoms with E-state index in [9.17, 15) is 23.1 Å². The quantitative estimate of drug-likeness (QED) is 0.678. The molecule has 2 heterocycles. The highest BCUT2D eigenvalue weighted by Crippen LogP contribution is 2.39. The molecule has 0 saturated heterocycles. The van der Waals surface area contributed by atoms with Crippen molar-refractivity contribution in [2.75, 3.05) is 0 Å². The molecule has 3 rings (SSSR count). The average Bonchev–Trinajstić information content (AvgIpc) is 2.98. The van der Waals surface area contributed by atoms with E-state index in [2.05, 4.69) is 5.16 Å². The van der Waals surface area contributed by atoms with Gasteiger partial charge in [0, 0.05) is 24.2 Å². The number of aryl methyl sites for hydroxylation is 1. The Bertz CT molecular complexity index is 1100. The fourth-order valence-corrected chi connectivity index (χ4v) is 3.43. The molecule has 0 aliphatic rings. The van der Waals surface area contributed by atoms with E-state index in [1.165, 1.54) is 13.0 Å². The number of aromatic nitrogens is 2. The first kappa shape index (κ1) is 20.2. The minimum absolute atomic E-state index is 0.0266. The standard InChI is InChI=1S/C19H16ClF3N2O3/c1-4-25-18(16-13(22)5-10(21)6-14(16)23)11(7-12(20)19(25)27)17-15(8(2)26)9(3)28-24-17/h5-8,26H,4H2,1-3H3. The minimum Gasteiger partial charge on any atom is -0.388 e. The lowest BCUT2D eigenvalue weighted by atomic mass is 9.97. The van der Waals surface area contributed by atoms with Crippen molar-refractivity contribution < 1.29 is 22.8 Å². The summed E-state index contributed by atoms with van der Waals surface area (Å²) in [6, 6.07) is 2.24. The summed E-state index contributed by atoms with van der Waals surface area (Å²) in [7, 11) is 0. The highest BCUT2D eigenvalue weighted by Gasteiger charge is 2.28. The Hall–Kier alpha value is -2.58. The number of hydrogen-bond donors (Lipinski definition) is 1. The van der Waals surface area contributed by atoms with Crippen molar-refractivity contribution in [3.05, 3.63) is 62.4 Å². The normalized spacial score (nSPS) is 12.4. The van der Waals surface area contributed by atoms with E-state index in [0.29, 0.717) is 17.9 Å². The number of aliphatic hydroxyl groups is 1. The zero-order valence-electron chi connectivity index (χ0n) is 15.2. The van der Waals surface area contributed by atoms with Crippen molar-refractivity contribution in [1.82, 2.24) is 9.72 Å². The number of benzene rings is 1. The van der Waals surface area contributed by atoms with E-state index in [1.54, 1.807) is 13.8 Å². The van der Waals surface area contributed by atoms with Crippen LogP contribution in [0.4, 0.5) is 13.2 Å². The summed E-state index contributed by atoms with van der Waals surface area (Å²) in [4.78, 5) is 12.5. The van der Waals surface area contributed by atoms with Crippen molar-refractivity contribution >= 4 is 11.6 Å². The molecule has 0 spiro atoms. The summed E-state index contributed by atoms with van der Waals surface area (Å²) in [6.45, 7) is 4.65. The lowest BCUT2D eigenvalue weighted by Crippen LogP contribution is -2.23. The third-order valence-corrected chi connectivity index (χ3v) is 4.66. The molecular weight excluding hydrogens is 397 g/mol. The molecule has 3 aromatic rings. The summed E-state index contributed by atoms with van der Waals surface area (Å²) in [5, 5.41) is 13.8. The number of pyridine rings is 1. The van der Waals surface area contributed by atoms with Crippen LogP contribution in [0.1, 0.15) is 31.3 Å². The molecule has 0 saturated carbocycles. The lowest BCUT2D eigenvalue weighted by Gasteiger charge is -2.18. The van der Waals surface area contributed by atoms with Gasteiger partial charge in [-0.05, 0) is 26.8 Å². The van der Waals surface area contributed by atoms with Crippen LogP contribution in [0, 0.1) is 24.4 Å². The molecule has 28 heavy (non-hydrogen) atoms. The van der Waals surface area contributed by atoms with Gasteiger partial charge in [0.05, 0.1) is 22.9 Å². The first-order valence-electron chi connectivity index (χ1n) is 8.40. The Labute approximate surface area is 163 Å². The topological polar surface area (TPSA) is 68.3 Å². The van der Waals surface area contributed by atoms with Gasteiger partial charge in [0.1, 0.15) is 33.9 Å². The first-order valence-corrected chi connectivity index (χ1v) is 8.78. The van der Waals surface area contributed by atoms with Crippen molar-refractivity contribution in [3.8, 4) is 22.5 Å². The molecule has 9 heteroatoms. The van der Waals surface area contributed by atoms with Crippen LogP contribution in [0.2, 0.25) is 5.02 Å². The number of nitrogens with zero attached hydrogens (tertiary/aromatic N) is 2. The van der Waals surface area contributed by atoms with Gasteiger partial charge in [-0.2, -0.15) is 0 Å². The molecule has 0 aliphatic heterocycles. The molecule has 0 aliphatic carbocycles. The summed E-state index contributed by atoms with van der Waals surface area (Å²) in [5.41, 5.74) is -1.03. The monoisotopic (exact) mass is 412 g/mol. The Morgan fingerprint density at radius 3 is 2.39 bits per heavy atom. The van der Waals surface area contributed by atoms with Gasteiger partial charge in [0.25, 0.3) is 5.56 Å². The van der Waals surface area contributed by atoms with E-state index in [0.717, 1.165) is 4.57 Å². The van der Waals surface area contributed by atoms with Gasteiger partial charge < -0.3 is 14.2 Å². The summed E-state index contributed by atoms with van der Waals surface area (Å²) in [5.74, 6) is -3.19. The Morgan fingerprint density at radius 1 is 1.25 bits per heavy atom. The van der Waals surface area contributed by atoms with Crippen LogP contribution in [-0.4, -0.2) is 14.8 Å². The number of hydrogen-bond acceptors (Lipinski definition) is 4. The van der Waals surface area contributed by atoms with E-state index < -0.39 is 34.7 Å². The highest BCUT2D eigenvalue weighted by molar-refractivity contribution is 6.30. The van der Waals surface area contributed by atoms with Crippen LogP contribution in [-0.2, 0) is 6.54 Å². The zero-order valence-corrected chi connectivity index (χ0v) is 15.9. The molecule has 1 N–H and O–H groups in total. The van der Waals surface area contributed by atoms with Gasteiger partial charge >= 0.3 is 0 Å². The summed E-state index contributed by atoms with van der Waals surface area (Å²) >= 11 is 6.05. The first-order chi connectivity index (χ1) is 13.2. The van der Waals surface area contributed by atoms with E-state index in [-0.39, 0.29) is 34.1 Å². The third-order valence-electron chi connectivity index (χ3n) is 4.39. The second-order valence-corrected chi connectivity index (χ2v) is 6.63. The van der Waals surface area contributed by atoms with Crippen LogP contribution in [0.25, 0.3) is 22.5 Å². The van der Waals surface area contributed by atoms with Gasteiger partial charge in [-0.3, -0.25) is 4.79 Å². The zero-order chi connectivity index (χ0) is 20.7. The van der Waals surface area contributed by atoms with Crippen molar-refractivity contribution in [2.45, 2.75) is 33.4 Å². The van der Waals surface area contributed by atoms with Gasteiger partial charge in [0.2, 0.25) is 0 Å². The van der Waals surface area contributed by atoms with Crippen LogP contribution in [0.3, 0.4) is 0 Å². The smallest absolute Gasteiger partial charge is 0.269 e. The van der Waals surface area contributed by atoms with Crippen molar-refractivity contribution in [2.24, 2.45) is 0 Å². The Balaban J connectivity index is 2.51. The van der Waals surface area contributed by atoms with Crippen LogP contribution in [0.5, 0.6) is 0 Å². The molecule has 2 aromatic heterocycles. The van der Waals surface area contributed by atoms with Crippen LogP contribution in [0.15, 0.2) is 27.5 Å². The van der Waals surface area contributed by atoms with Gasteiger partial charge in [-0.15, -0.1) is 0 Å². The molecule has 1 atom stereocenters. The van der Waals surface area contributed by atoms with Crippen molar-refractivity contribution in [3.63, 3.8) is 0 Å². The fourth-order valence-electron chi connectivity index (χ4n) is 3.22. The second kappa shape index (κ2) is 7.44. The molecule has 0 radical (unpaired) electrons. The van der Waals surface area contributed by atoms with Gasteiger partial charge in [0.15, 0.2) is 0 Å². The largest absolute Gasteiger partial charge is 0.388 e. The van der Waals surface area contributed by atoms with Gasteiger partial charge in [-0.1, -0.05) is 16.8 Å². The second-order valence-electron chi connectivity index (χ2n) is 6.23. The number of halogens is 4. The van der Waals surface area contributed by atoms with Crippen molar-refractivity contribution in [1.29, 1.82) is 0 Å². The molecule has 0 fully saturated rings. The average molecular weight is 413 g/mol. The van der Waals surface area contributed by atoms with Gasteiger partial charge in [-0.25, -0.2) is 13.2 Å². The molecule has 1 unspecified atom stereocenters. The molecular formula is C19H16ClF3N2O3. The predicted octanol–water partition coefficient (Wildman–Crippen LogP) is 4.62. The van der Waals surface area contributed by atoms with Crippen LogP contribution < -0.4 is 5.56 Å². The summed E-state index contributed by atoms with van der Waals surface area (Å²) in [6.07, 6.45) is -1.02. The minimum atomic E-state index is -1.19. The molecule has 148 valence electrons. The molecule has 0 bridgehead atoms. The lowest BCUT2D eigenvalue weighted by molar-refractivity contribution is 0.197.